The van der Waals surface area contributed by atoms with E-state index in [4.69, 9.17) is 8.92 Å². The summed E-state index contributed by atoms with van der Waals surface area (Å²) in [7, 11) is -3.55. The molecule has 2 atom stereocenters. The van der Waals surface area contributed by atoms with Gasteiger partial charge in [-0.3, -0.25) is 4.18 Å². The molecule has 1 amide bonds. The molecule has 1 saturated heterocycles. The van der Waals surface area contributed by atoms with E-state index >= 15 is 0 Å². The third-order valence-corrected chi connectivity index (χ3v) is 3.02. The number of carbonyl (C=O) groups is 1. The zero-order valence-electron chi connectivity index (χ0n) is 11.7. The zero-order valence-corrected chi connectivity index (χ0v) is 12.5. The van der Waals surface area contributed by atoms with Gasteiger partial charge in [-0.15, -0.1) is 0 Å². The summed E-state index contributed by atoms with van der Waals surface area (Å²) in [5.74, 6) is 0. The van der Waals surface area contributed by atoms with Gasteiger partial charge in [-0.05, 0) is 33.7 Å². The van der Waals surface area contributed by atoms with E-state index in [-0.39, 0.29) is 0 Å². The molecular weight excluding hydrogens is 272 g/mol. The highest BCUT2D eigenvalue weighted by Crippen LogP contribution is 2.13. The smallest absolute Gasteiger partial charge is 0.408 e. The SMILES string of the molecule is CC(C)(C)OC(=O)NC1CNCCC1OS(C)(=O)=O. The Bertz CT molecular complexity index is 415. The molecule has 1 heterocycles. The molecule has 0 aromatic carbocycles. The van der Waals surface area contributed by atoms with Gasteiger partial charge in [0.1, 0.15) is 5.60 Å². The van der Waals surface area contributed by atoms with Gasteiger partial charge in [-0.25, -0.2) is 4.79 Å². The number of ether oxygens (including phenoxy) is 1. The van der Waals surface area contributed by atoms with Crippen LogP contribution in [0.1, 0.15) is 27.2 Å². The second kappa shape index (κ2) is 6.06. The molecule has 7 nitrogen and oxygen atoms in total. The molecule has 1 aliphatic rings. The first-order valence-electron chi connectivity index (χ1n) is 6.15. The van der Waals surface area contributed by atoms with Crippen LogP contribution in [0.3, 0.4) is 0 Å². The second-order valence-corrected chi connectivity index (χ2v) is 7.19. The lowest BCUT2D eigenvalue weighted by atomic mass is 10.0. The van der Waals surface area contributed by atoms with Gasteiger partial charge in [-0.1, -0.05) is 0 Å². The van der Waals surface area contributed by atoms with Gasteiger partial charge in [0.15, 0.2) is 0 Å². The summed E-state index contributed by atoms with van der Waals surface area (Å²) in [4.78, 5) is 11.7. The molecule has 0 bridgehead atoms. The Morgan fingerprint density at radius 2 is 2.00 bits per heavy atom. The van der Waals surface area contributed by atoms with Crippen LogP contribution in [0.15, 0.2) is 0 Å². The van der Waals surface area contributed by atoms with Crippen molar-refractivity contribution < 1.29 is 22.1 Å². The van der Waals surface area contributed by atoms with Crippen molar-refractivity contribution in [2.75, 3.05) is 19.3 Å². The number of carbonyl (C=O) groups excluding carboxylic acids is 1. The van der Waals surface area contributed by atoms with Gasteiger partial charge in [-0.2, -0.15) is 8.42 Å². The van der Waals surface area contributed by atoms with Gasteiger partial charge in [0, 0.05) is 6.54 Å². The van der Waals surface area contributed by atoms with Crippen LogP contribution in [-0.4, -0.2) is 51.6 Å². The van der Waals surface area contributed by atoms with Gasteiger partial charge < -0.3 is 15.4 Å². The van der Waals surface area contributed by atoms with Crippen LogP contribution in [0.4, 0.5) is 4.79 Å². The minimum absolute atomic E-state index is 0.432. The summed E-state index contributed by atoms with van der Waals surface area (Å²) < 4.78 is 32.5. The van der Waals surface area contributed by atoms with E-state index in [0.29, 0.717) is 19.5 Å². The van der Waals surface area contributed by atoms with Crippen molar-refractivity contribution >= 4 is 16.2 Å². The Hall–Kier alpha value is -0.860. The summed E-state index contributed by atoms with van der Waals surface area (Å²) in [6, 6.07) is -0.432. The lowest BCUT2D eigenvalue weighted by Gasteiger charge is -2.32. The van der Waals surface area contributed by atoms with E-state index in [9.17, 15) is 13.2 Å². The molecule has 8 heteroatoms. The maximum Gasteiger partial charge on any atom is 0.408 e. The Morgan fingerprint density at radius 1 is 1.37 bits per heavy atom. The van der Waals surface area contributed by atoms with Crippen LogP contribution >= 0.6 is 0 Å². The highest BCUT2D eigenvalue weighted by atomic mass is 32.2. The molecule has 1 fully saturated rings. The monoisotopic (exact) mass is 294 g/mol. The Labute approximate surface area is 114 Å². The molecule has 2 unspecified atom stereocenters. The molecule has 1 aliphatic heterocycles. The maximum atomic E-state index is 11.7. The molecule has 2 N–H and O–H groups in total. The average Bonchev–Trinajstić information content (AvgIpc) is 2.15. The highest BCUT2D eigenvalue weighted by molar-refractivity contribution is 7.86. The number of amides is 1. The summed E-state index contributed by atoms with van der Waals surface area (Å²) >= 11 is 0. The lowest BCUT2D eigenvalue weighted by Crippen LogP contribution is -2.55. The average molecular weight is 294 g/mol. The fourth-order valence-corrected chi connectivity index (χ4v) is 2.46. The second-order valence-electron chi connectivity index (χ2n) is 5.58. The van der Waals surface area contributed by atoms with Crippen molar-refractivity contribution in [1.82, 2.24) is 10.6 Å². The molecule has 0 spiro atoms. The molecular formula is C11H22N2O5S. The summed E-state index contributed by atoms with van der Waals surface area (Å²) in [6.07, 6.45) is 0.361. The van der Waals surface area contributed by atoms with E-state index < -0.39 is 34.0 Å². The van der Waals surface area contributed by atoms with Crippen LogP contribution in [-0.2, 0) is 19.0 Å². The molecule has 0 aliphatic carbocycles. The summed E-state index contributed by atoms with van der Waals surface area (Å²) in [6.45, 7) is 6.37. The molecule has 0 radical (unpaired) electrons. The molecule has 0 aromatic heterocycles. The van der Waals surface area contributed by atoms with Crippen LogP contribution in [0, 0.1) is 0 Å². The van der Waals surface area contributed by atoms with Crippen molar-refractivity contribution in [2.24, 2.45) is 0 Å². The first kappa shape index (κ1) is 16.2. The van der Waals surface area contributed by atoms with Crippen molar-refractivity contribution in [1.29, 1.82) is 0 Å². The first-order chi connectivity index (χ1) is 8.57. The number of nitrogens with one attached hydrogen (secondary N) is 2. The maximum absolute atomic E-state index is 11.7. The fourth-order valence-electron chi connectivity index (χ4n) is 1.78. The van der Waals surface area contributed by atoms with E-state index in [2.05, 4.69) is 10.6 Å². The van der Waals surface area contributed by atoms with E-state index in [1.165, 1.54) is 0 Å². The van der Waals surface area contributed by atoms with Crippen LogP contribution in [0.2, 0.25) is 0 Å². The Morgan fingerprint density at radius 3 is 2.53 bits per heavy atom. The van der Waals surface area contributed by atoms with Gasteiger partial charge in [0.05, 0.1) is 18.4 Å². The topological polar surface area (TPSA) is 93.7 Å². The highest BCUT2D eigenvalue weighted by Gasteiger charge is 2.31. The molecule has 1 rings (SSSR count). The predicted octanol–water partition coefficient (Wildman–Crippen LogP) is 0.218. The number of hydrogen-bond donors (Lipinski definition) is 2. The number of alkyl carbamates (subject to hydrolysis) is 1. The van der Waals surface area contributed by atoms with E-state index in [0.717, 1.165) is 6.26 Å². The Balaban J connectivity index is 2.60. The van der Waals surface area contributed by atoms with Crippen molar-refractivity contribution in [2.45, 2.75) is 44.9 Å². The fraction of sp³-hybridized carbons (Fsp3) is 0.909. The lowest BCUT2D eigenvalue weighted by molar-refractivity contribution is 0.0422. The first-order valence-corrected chi connectivity index (χ1v) is 7.97. The van der Waals surface area contributed by atoms with Crippen molar-refractivity contribution in [3.8, 4) is 0 Å². The van der Waals surface area contributed by atoms with E-state index in [1.54, 1.807) is 20.8 Å². The molecule has 112 valence electrons. The number of piperidine rings is 1. The number of hydrogen-bond acceptors (Lipinski definition) is 6. The van der Waals surface area contributed by atoms with Gasteiger partial charge >= 0.3 is 6.09 Å². The van der Waals surface area contributed by atoms with Gasteiger partial charge in [0.2, 0.25) is 0 Å². The van der Waals surface area contributed by atoms with Gasteiger partial charge in [0.25, 0.3) is 10.1 Å². The molecule has 19 heavy (non-hydrogen) atoms. The third kappa shape index (κ3) is 6.74. The molecule has 0 aromatic rings. The standard InChI is InChI=1S/C11H22N2O5S/c1-11(2,3)17-10(14)13-8-7-12-6-5-9(8)18-19(4,15)16/h8-9,12H,5-7H2,1-4H3,(H,13,14). The quantitative estimate of drug-likeness (QED) is 0.723. The van der Waals surface area contributed by atoms with Crippen molar-refractivity contribution in [3.63, 3.8) is 0 Å². The third-order valence-electron chi connectivity index (χ3n) is 2.42. The van der Waals surface area contributed by atoms with Crippen molar-refractivity contribution in [3.05, 3.63) is 0 Å². The van der Waals surface area contributed by atoms with E-state index in [1.807, 2.05) is 0 Å². The van der Waals surface area contributed by atoms with Crippen LogP contribution in [0.25, 0.3) is 0 Å². The largest absolute Gasteiger partial charge is 0.444 e. The summed E-state index contributed by atoms with van der Waals surface area (Å²) in [5, 5.41) is 5.71. The normalized spacial score (nSPS) is 24.8. The Kier molecular flexibility index (Phi) is 5.17. The van der Waals surface area contributed by atoms with Crippen LogP contribution < -0.4 is 10.6 Å². The van der Waals surface area contributed by atoms with Crippen LogP contribution in [0.5, 0.6) is 0 Å². The number of rotatable bonds is 3. The molecule has 0 saturated carbocycles. The summed E-state index contributed by atoms with van der Waals surface area (Å²) in [5.41, 5.74) is -0.598. The minimum atomic E-state index is -3.55. The zero-order chi connectivity index (χ0) is 14.7. The predicted molar refractivity (Wildman–Crippen MR) is 70.4 cm³/mol. The minimum Gasteiger partial charge on any atom is -0.444 e.